The Labute approximate surface area is 146 Å². The number of hydrogen-bond donors (Lipinski definition) is 1. The molecule has 6 nitrogen and oxygen atoms in total. The van der Waals surface area contributed by atoms with Crippen molar-refractivity contribution < 1.29 is 14.3 Å². The smallest absolute Gasteiger partial charge is 0.247 e. The van der Waals surface area contributed by atoms with Crippen LogP contribution in [0.25, 0.3) is 0 Å². The van der Waals surface area contributed by atoms with Crippen LogP contribution in [0.3, 0.4) is 0 Å². The Hall–Kier alpha value is -2.89. The number of carbonyl (C=O) groups is 2. The molecule has 1 aliphatic heterocycles. The van der Waals surface area contributed by atoms with Gasteiger partial charge in [0.1, 0.15) is 18.3 Å². The van der Waals surface area contributed by atoms with E-state index in [9.17, 15) is 9.59 Å². The number of piperidine rings is 1. The zero-order chi connectivity index (χ0) is 17.6. The van der Waals surface area contributed by atoms with Gasteiger partial charge >= 0.3 is 0 Å². The zero-order valence-electron chi connectivity index (χ0n) is 14.1. The molecule has 1 atom stereocenters. The fourth-order valence-corrected chi connectivity index (χ4v) is 2.84. The molecule has 130 valence electrons. The Kier molecular flexibility index (Phi) is 5.28. The molecule has 6 heteroatoms. The van der Waals surface area contributed by atoms with Gasteiger partial charge in [-0.2, -0.15) is 0 Å². The lowest BCUT2D eigenvalue weighted by atomic mass is 10.0. The van der Waals surface area contributed by atoms with E-state index in [4.69, 9.17) is 4.74 Å². The number of anilines is 1. The van der Waals surface area contributed by atoms with Crippen molar-refractivity contribution in [2.24, 2.45) is 0 Å². The molecular weight excluding hydrogens is 318 g/mol. The molecule has 1 saturated heterocycles. The number of amides is 2. The van der Waals surface area contributed by atoms with Crippen molar-refractivity contribution in [3.63, 3.8) is 0 Å². The molecule has 2 aromatic rings. The fraction of sp³-hybridized carbons (Fsp3) is 0.316. The van der Waals surface area contributed by atoms with Crippen LogP contribution in [0.2, 0.25) is 0 Å². The minimum absolute atomic E-state index is 0.00172. The summed E-state index contributed by atoms with van der Waals surface area (Å²) < 4.78 is 5.75. The van der Waals surface area contributed by atoms with Crippen molar-refractivity contribution in [1.82, 2.24) is 9.88 Å². The number of rotatable bonds is 5. The second-order valence-corrected chi connectivity index (χ2v) is 6.03. The number of likely N-dealkylation sites (tertiary alicyclic amines) is 1. The molecule has 0 saturated carbocycles. The maximum atomic E-state index is 12.6. The Bertz CT molecular complexity index is 749. The second-order valence-electron chi connectivity index (χ2n) is 6.03. The SMILES string of the molecule is CN1C(=O)CCCC1C(=O)Nc1cccnc1OCc1ccccc1. The highest BCUT2D eigenvalue weighted by atomic mass is 16.5. The molecule has 2 amide bonds. The van der Waals surface area contributed by atoms with Crippen molar-refractivity contribution in [3.05, 3.63) is 54.2 Å². The lowest BCUT2D eigenvalue weighted by molar-refractivity contribution is -0.140. The molecule has 3 rings (SSSR count). The number of pyridine rings is 1. The third-order valence-electron chi connectivity index (χ3n) is 4.28. The van der Waals surface area contributed by atoms with Crippen LogP contribution in [0.5, 0.6) is 5.88 Å². The third kappa shape index (κ3) is 4.15. The number of nitrogens with one attached hydrogen (secondary N) is 1. The first-order valence-electron chi connectivity index (χ1n) is 8.33. The summed E-state index contributed by atoms with van der Waals surface area (Å²) in [5.74, 6) is 0.149. The van der Waals surface area contributed by atoms with Crippen LogP contribution >= 0.6 is 0 Å². The van der Waals surface area contributed by atoms with Crippen molar-refractivity contribution in [3.8, 4) is 5.88 Å². The Morgan fingerprint density at radius 3 is 2.88 bits per heavy atom. The van der Waals surface area contributed by atoms with Gasteiger partial charge in [-0.3, -0.25) is 9.59 Å². The van der Waals surface area contributed by atoms with Crippen LogP contribution < -0.4 is 10.1 Å². The average Bonchev–Trinajstić information content (AvgIpc) is 2.64. The largest absolute Gasteiger partial charge is 0.471 e. The molecule has 1 aromatic heterocycles. The van der Waals surface area contributed by atoms with Gasteiger partial charge in [-0.1, -0.05) is 30.3 Å². The van der Waals surface area contributed by atoms with Crippen molar-refractivity contribution in [2.45, 2.75) is 31.9 Å². The first-order chi connectivity index (χ1) is 12.1. The zero-order valence-corrected chi connectivity index (χ0v) is 14.1. The highest BCUT2D eigenvalue weighted by molar-refractivity contribution is 5.98. The standard InChI is InChI=1S/C19H21N3O3/c1-22-16(10-5-11-17(22)23)18(24)21-15-9-6-12-20-19(15)25-13-14-7-3-2-4-8-14/h2-4,6-9,12,16H,5,10-11,13H2,1H3,(H,21,24). The molecule has 0 radical (unpaired) electrons. The van der Waals surface area contributed by atoms with E-state index >= 15 is 0 Å². The monoisotopic (exact) mass is 339 g/mol. The summed E-state index contributed by atoms with van der Waals surface area (Å²) in [5.41, 5.74) is 1.53. The van der Waals surface area contributed by atoms with Crippen molar-refractivity contribution >= 4 is 17.5 Å². The molecule has 1 aromatic carbocycles. The highest BCUT2D eigenvalue weighted by Crippen LogP contribution is 2.24. The van der Waals surface area contributed by atoms with Gasteiger partial charge in [0.25, 0.3) is 0 Å². The summed E-state index contributed by atoms with van der Waals surface area (Å²) >= 11 is 0. The third-order valence-corrected chi connectivity index (χ3v) is 4.28. The average molecular weight is 339 g/mol. The van der Waals surface area contributed by atoms with Gasteiger partial charge in [-0.15, -0.1) is 0 Å². The molecule has 1 fully saturated rings. The van der Waals surface area contributed by atoms with Gasteiger partial charge < -0.3 is 15.0 Å². The molecule has 0 spiro atoms. The minimum Gasteiger partial charge on any atom is -0.471 e. The van der Waals surface area contributed by atoms with E-state index < -0.39 is 6.04 Å². The first kappa shape index (κ1) is 17.0. The highest BCUT2D eigenvalue weighted by Gasteiger charge is 2.30. The Balaban J connectivity index is 1.68. The predicted octanol–water partition coefficient (Wildman–Crippen LogP) is 2.61. The number of hydrogen-bond acceptors (Lipinski definition) is 4. The quantitative estimate of drug-likeness (QED) is 0.909. The van der Waals surface area contributed by atoms with E-state index in [1.807, 2.05) is 30.3 Å². The van der Waals surface area contributed by atoms with Crippen LogP contribution in [-0.2, 0) is 16.2 Å². The van der Waals surface area contributed by atoms with Crippen LogP contribution in [0.4, 0.5) is 5.69 Å². The van der Waals surface area contributed by atoms with Gasteiger partial charge in [-0.25, -0.2) is 4.98 Å². The summed E-state index contributed by atoms with van der Waals surface area (Å²) in [6.45, 7) is 0.364. The maximum Gasteiger partial charge on any atom is 0.247 e. The van der Waals surface area contributed by atoms with Gasteiger partial charge in [0, 0.05) is 19.7 Å². The summed E-state index contributed by atoms with van der Waals surface area (Å²) in [7, 11) is 1.67. The van der Waals surface area contributed by atoms with E-state index in [0.717, 1.165) is 12.0 Å². The molecule has 25 heavy (non-hydrogen) atoms. The maximum absolute atomic E-state index is 12.6. The molecular formula is C19H21N3O3. The molecule has 0 bridgehead atoms. The van der Waals surface area contributed by atoms with Gasteiger partial charge in [0.15, 0.2) is 0 Å². The summed E-state index contributed by atoms with van der Waals surface area (Å²) in [6, 6.07) is 12.8. The summed E-state index contributed by atoms with van der Waals surface area (Å²) in [6.07, 6.45) is 3.51. The Morgan fingerprint density at radius 1 is 1.28 bits per heavy atom. The van der Waals surface area contributed by atoms with E-state index in [1.54, 1.807) is 25.4 Å². The molecule has 1 aliphatic rings. The van der Waals surface area contributed by atoms with Crippen LogP contribution in [0.15, 0.2) is 48.7 Å². The van der Waals surface area contributed by atoms with Crippen molar-refractivity contribution in [1.29, 1.82) is 0 Å². The lowest BCUT2D eigenvalue weighted by Gasteiger charge is -2.31. The van der Waals surface area contributed by atoms with E-state index in [0.29, 0.717) is 31.0 Å². The van der Waals surface area contributed by atoms with E-state index in [-0.39, 0.29) is 11.8 Å². The number of nitrogens with zero attached hydrogens (tertiary/aromatic N) is 2. The normalized spacial score (nSPS) is 17.2. The first-order valence-corrected chi connectivity index (χ1v) is 8.33. The van der Waals surface area contributed by atoms with Crippen molar-refractivity contribution in [2.75, 3.05) is 12.4 Å². The minimum atomic E-state index is -0.455. The number of aromatic nitrogens is 1. The second kappa shape index (κ2) is 7.79. The van der Waals surface area contributed by atoms with E-state index in [1.165, 1.54) is 4.90 Å². The molecule has 1 unspecified atom stereocenters. The predicted molar refractivity (Wildman–Crippen MR) is 94.0 cm³/mol. The van der Waals surface area contributed by atoms with Gasteiger partial charge in [0.05, 0.1) is 0 Å². The van der Waals surface area contributed by atoms with Gasteiger partial charge in [-0.05, 0) is 30.5 Å². The summed E-state index contributed by atoms with van der Waals surface area (Å²) in [5, 5.41) is 2.85. The molecule has 1 N–H and O–H groups in total. The van der Waals surface area contributed by atoms with E-state index in [2.05, 4.69) is 10.3 Å². The van der Waals surface area contributed by atoms with Crippen LogP contribution in [0, 0.1) is 0 Å². The Morgan fingerprint density at radius 2 is 2.08 bits per heavy atom. The van der Waals surface area contributed by atoms with Gasteiger partial charge in [0.2, 0.25) is 17.7 Å². The fourth-order valence-electron chi connectivity index (χ4n) is 2.84. The van der Waals surface area contributed by atoms with Crippen LogP contribution in [0.1, 0.15) is 24.8 Å². The number of likely N-dealkylation sites (N-methyl/N-ethyl adjacent to an activating group) is 1. The topological polar surface area (TPSA) is 71.5 Å². The number of carbonyl (C=O) groups excluding carboxylic acids is 2. The molecule has 2 heterocycles. The van der Waals surface area contributed by atoms with Crippen LogP contribution in [-0.4, -0.2) is 34.8 Å². The summed E-state index contributed by atoms with van der Waals surface area (Å²) in [4.78, 5) is 30.1. The lowest BCUT2D eigenvalue weighted by Crippen LogP contribution is -2.47. The molecule has 0 aliphatic carbocycles. The number of benzene rings is 1. The number of ether oxygens (including phenoxy) is 1.